The molecule has 0 saturated heterocycles. The van der Waals surface area contributed by atoms with Gasteiger partial charge in [-0.15, -0.1) is 0 Å². The highest BCUT2D eigenvalue weighted by atomic mass is 32.2. The molecule has 1 saturated carbocycles. The van der Waals surface area contributed by atoms with E-state index in [0.29, 0.717) is 22.9 Å². The number of benzene rings is 2. The number of carbonyl (C=O) groups excluding carboxylic acids is 3. The summed E-state index contributed by atoms with van der Waals surface area (Å²) in [6.45, 7) is -0.191. The van der Waals surface area contributed by atoms with Crippen molar-refractivity contribution in [2.75, 3.05) is 35.1 Å². The predicted molar refractivity (Wildman–Crippen MR) is 133 cm³/mol. The fourth-order valence-corrected chi connectivity index (χ4v) is 5.09. The van der Waals surface area contributed by atoms with Crippen LogP contribution in [0.5, 0.6) is 11.5 Å². The standard InChI is InChI=1S/C25H28FN3O6S/c26-17-6-9-20(10-7-17)29(13-23(30)27-18-4-2-1-3-5-18)25(32)15-36(33)14-24(31)28-19-8-11-21-22(12-19)35-16-34-21/h6-12,18H,1-5,13-16H2,(H,27,30)(H,28,31)/t36-/m0/s1. The first-order valence-electron chi connectivity index (χ1n) is 11.8. The summed E-state index contributed by atoms with van der Waals surface area (Å²) in [5.41, 5.74) is 0.752. The number of amides is 3. The normalized spacial score (nSPS) is 15.7. The lowest BCUT2D eigenvalue weighted by atomic mass is 9.95. The van der Waals surface area contributed by atoms with Crippen LogP contribution in [0.25, 0.3) is 0 Å². The van der Waals surface area contributed by atoms with E-state index >= 15 is 0 Å². The fraction of sp³-hybridized carbons (Fsp3) is 0.400. The number of carbonyl (C=O) groups is 3. The Balaban J connectivity index is 1.35. The van der Waals surface area contributed by atoms with Gasteiger partial charge in [0.25, 0.3) is 0 Å². The summed E-state index contributed by atoms with van der Waals surface area (Å²) in [5, 5.41) is 5.57. The lowest BCUT2D eigenvalue weighted by Gasteiger charge is -2.26. The molecular weight excluding hydrogens is 489 g/mol. The molecule has 2 N–H and O–H groups in total. The third kappa shape index (κ3) is 7.03. The highest BCUT2D eigenvalue weighted by Gasteiger charge is 2.24. The van der Waals surface area contributed by atoms with Gasteiger partial charge in [0.2, 0.25) is 24.5 Å². The van der Waals surface area contributed by atoms with Crippen LogP contribution in [0.4, 0.5) is 15.8 Å². The van der Waals surface area contributed by atoms with Crippen molar-refractivity contribution in [3.05, 3.63) is 48.3 Å². The lowest BCUT2D eigenvalue weighted by Crippen LogP contribution is -2.46. The summed E-state index contributed by atoms with van der Waals surface area (Å²) in [5.74, 6) is -1.79. The molecule has 1 aliphatic carbocycles. The van der Waals surface area contributed by atoms with Crippen LogP contribution in [0.3, 0.4) is 0 Å². The summed E-state index contributed by atoms with van der Waals surface area (Å²) >= 11 is 0. The van der Waals surface area contributed by atoms with Crippen LogP contribution >= 0.6 is 0 Å². The molecule has 192 valence electrons. The third-order valence-electron chi connectivity index (χ3n) is 5.94. The van der Waals surface area contributed by atoms with Crippen molar-refractivity contribution in [1.82, 2.24) is 5.32 Å². The molecule has 2 aromatic rings. The second-order valence-electron chi connectivity index (χ2n) is 8.70. The van der Waals surface area contributed by atoms with E-state index in [2.05, 4.69) is 10.6 Å². The fourth-order valence-electron chi connectivity index (χ4n) is 4.19. The van der Waals surface area contributed by atoms with E-state index in [-0.39, 0.29) is 25.3 Å². The minimum Gasteiger partial charge on any atom is -0.454 e. The number of hydrogen-bond acceptors (Lipinski definition) is 6. The molecule has 2 aromatic carbocycles. The molecule has 1 fully saturated rings. The summed E-state index contributed by atoms with van der Waals surface area (Å²) in [6, 6.07) is 10.1. The van der Waals surface area contributed by atoms with Crippen LogP contribution in [-0.2, 0) is 25.2 Å². The summed E-state index contributed by atoms with van der Waals surface area (Å²) < 4.78 is 36.6. The number of anilines is 2. The molecule has 0 aromatic heterocycles. The predicted octanol–water partition coefficient (Wildman–Crippen LogP) is 2.72. The highest BCUT2D eigenvalue weighted by Crippen LogP contribution is 2.34. The Morgan fingerprint density at radius 3 is 2.42 bits per heavy atom. The monoisotopic (exact) mass is 517 g/mol. The molecule has 0 spiro atoms. The van der Waals surface area contributed by atoms with Crippen molar-refractivity contribution < 1.29 is 32.5 Å². The molecule has 1 aliphatic heterocycles. The van der Waals surface area contributed by atoms with Gasteiger partial charge in [-0.1, -0.05) is 19.3 Å². The van der Waals surface area contributed by atoms with Gasteiger partial charge in [-0.3, -0.25) is 18.6 Å². The largest absolute Gasteiger partial charge is 0.454 e. The van der Waals surface area contributed by atoms with Gasteiger partial charge in [0, 0.05) is 34.3 Å². The Hall–Kier alpha value is -3.47. The molecule has 36 heavy (non-hydrogen) atoms. The van der Waals surface area contributed by atoms with Crippen molar-refractivity contribution in [3.63, 3.8) is 0 Å². The van der Waals surface area contributed by atoms with Crippen molar-refractivity contribution in [2.45, 2.75) is 38.1 Å². The van der Waals surface area contributed by atoms with Crippen LogP contribution in [0.2, 0.25) is 0 Å². The van der Waals surface area contributed by atoms with Gasteiger partial charge in [-0.25, -0.2) is 4.39 Å². The van der Waals surface area contributed by atoms with E-state index in [1.165, 1.54) is 29.2 Å². The Kier molecular flexibility index (Phi) is 8.52. The average Bonchev–Trinajstić information content (AvgIpc) is 3.31. The van der Waals surface area contributed by atoms with Crippen molar-refractivity contribution >= 4 is 39.9 Å². The van der Waals surface area contributed by atoms with Gasteiger partial charge in [0.15, 0.2) is 11.5 Å². The van der Waals surface area contributed by atoms with Crippen LogP contribution in [0.1, 0.15) is 32.1 Å². The summed E-state index contributed by atoms with van der Waals surface area (Å²) in [7, 11) is -1.84. The van der Waals surface area contributed by atoms with Crippen LogP contribution in [0, 0.1) is 5.82 Å². The van der Waals surface area contributed by atoms with Gasteiger partial charge < -0.3 is 25.0 Å². The van der Waals surface area contributed by atoms with Crippen molar-refractivity contribution in [3.8, 4) is 11.5 Å². The Labute approximate surface area is 210 Å². The molecular formula is C25H28FN3O6S. The number of rotatable bonds is 9. The Bertz CT molecular complexity index is 1140. The minimum absolute atomic E-state index is 0.0606. The molecule has 0 bridgehead atoms. The number of nitrogens with one attached hydrogen (secondary N) is 2. The van der Waals surface area contributed by atoms with E-state index in [4.69, 9.17) is 9.47 Å². The molecule has 3 amide bonds. The van der Waals surface area contributed by atoms with Crippen LogP contribution in [0.15, 0.2) is 42.5 Å². The Morgan fingerprint density at radius 1 is 0.944 bits per heavy atom. The molecule has 0 unspecified atom stereocenters. The lowest BCUT2D eigenvalue weighted by molar-refractivity contribution is -0.123. The van der Waals surface area contributed by atoms with Crippen LogP contribution in [-0.4, -0.2) is 52.8 Å². The summed E-state index contributed by atoms with van der Waals surface area (Å²) in [4.78, 5) is 39.3. The number of fused-ring (bicyclic) bond motifs is 1. The van der Waals surface area contributed by atoms with Crippen molar-refractivity contribution in [2.24, 2.45) is 0 Å². The zero-order valence-electron chi connectivity index (χ0n) is 19.7. The zero-order chi connectivity index (χ0) is 25.5. The maximum atomic E-state index is 13.4. The number of ether oxygens (including phenoxy) is 2. The smallest absolute Gasteiger partial charge is 0.240 e. The second-order valence-corrected chi connectivity index (χ2v) is 10.2. The van der Waals surface area contributed by atoms with Gasteiger partial charge in [0.05, 0.1) is 0 Å². The first-order chi connectivity index (χ1) is 17.4. The van der Waals surface area contributed by atoms with Gasteiger partial charge in [-0.2, -0.15) is 0 Å². The van der Waals surface area contributed by atoms with Crippen molar-refractivity contribution in [1.29, 1.82) is 0 Å². The topological polar surface area (TPSA) is 114 Å². The van der Waals surface area contributed by atoms with Gasteiger partial charge in [0.1, 0.15) is 23.9 Å². The average molecular weight is 518 g/mol. The highest BCUT2D eigenvalue weighted by molar-refractivity contribution is 7.86. The number of hydrogen-bond donors (Lipinski definition) is 2. The number of halogens is 1. The van der Waals surface area contributed by atoms with E-state index in [0.717, 1.165) is 32.1 Å². The summed E-state index contributed by atoms with van der Waals surface area (Å²) in [6.07, 6.45) is 5.00. The maximum Gasteiger partial charge on any atom is 0.240 e. The van der Waals surface area contributed by atoms with Gasteiger partial charge in [-0.05, 0) is 49.2 Å². The molecule has 4 rings (SSSR count). The molecule has 0 radical (unpaired) electrons. The minimum atomic E-state index is -1.84. The van der Waals surface area contributed by atoms with Gasteiger partial charge >= 0.3 is 0 Å². The first-order valence-corrected chi connectivity index (χ1v) is 13.3. The van der Waals surface area contributed by atoms with Crippen LogP contribution < -0.4 is 25.0 Å². The number of nitrogens with zero attached hydrogens (tertiary/aromatic N) is 1. The SMILES string of the molecule is O=C(C[S@](=O)CC(=O)N(CC(=O)NC1CCCCC1)c1ccc(F)cc1)Nc1ccc2c(c1)OCO2. The third-order valence-corrected chi connectivity index (χ3v) is 7.10. The van der Waals surface area contributed by atoms with E-state index in [1.807, 2.05) is 0 Å². The molecule has 9 nitrogen and oxygen atoms in total. The van der Waals surface area contributed by atoms with E-state index in [9.17, 15) is 23.0 Å². The first kappa shape index (κ1) is 25.6. The molecule has 11 heteroatoms. The molecule has 1 heterocycles. The van der Waals surface area contributed by atoms with E-state index in [1.54, 1.807) is 18.2 Å². The second kappa shape index (κ2) is 12.0. The Morgan fingerprint density at radius 2 is 1.67 bits per heavy atom. The molecule has 2 aliphatic rings. The quantitative estimate of drug-likeness (QED) is 0.529. The molecule has 1 atom stereocenters. The van der Waals surface area contributed by atoms with E-state index < -0.39 is 39.9 Å². The maximum absolute atomic E-state index is 13.4. The zero-order valence-corrected chi connectivity index (χ0v) is 20.5.